The Balaban J connectivity index is 2.06. The topological polar surface area (TPSA) is 73.3 Å². The van der Waals surface area contributed by atoms with Gasteiger partial charge in [0.15, 0.2) is 12.1 Å². The summed E-state index contributed by atoms with van der Waals surface area (Å²) in [7, 11) is 0. The van der Waals surface area contributed by atoms with Crippen LogP contribution in [0.1, 0.15) is 30.0 Å². The number of hydrogen-bond donors (Lipinski definition) is 1. The van der Waals surface area contributed by atoms with Crippen molar-refractivity contribution in [1.29, 1.82) is 0 Å². The van der Waals surface area contributed by atoms with Gasteiger partial charge in [0, 0.05) is 6.54 Å². The number of rotatable bonds is 4. The van der Waals surface area contributed by atoms with E-state index in [9.17, 15) is 4.79 Å². The van der Waals surface area contributed by atoms with E-state index in [0.29, 0.717) is 31.1 Å². The highest BCUT2D eigenvalue weighted by molar-refractivity contribution is 6.32. The molecule has 1 atom stereocenters. The van der Waals surface area contributed by atoms with Crippen LogP contribution < -0.4 is 5.32 Å². The Bertz CT molecular complexity index is 493. The predicted molar refractivity (Wildman–Crippen MR) is 70.6 cm³/mol. The van der Waals surface area contributed by atoms with E-state index in [-0.39, 0.29) is 16.8 Å². The Morgan fingerprint density at radius 3 is 2.84 bits per heavy atom. The molecule has 1 aromatic rings. The van der Waals surface area contributed by atoms with Crippen molar-refractivity contribution in [3.05, 3.63) is 16.5 Å². The maximum atomic E-state index is 11.0. The summed E-state index contributed by atoms with van der Waals surface area (Å²) in [6.45, 7) is 6.40. The second-order valence-electron chi connectivity index (χ2n) is 4.77. The van der Waals surface area contributed by atoms with Crippen LogP contribution >= 0.6 is 11.6 Å². The Labute approximate surface area is 116 Å². The van der Waals surface area contributed by atoms with Gasteiger partial charge in [0.1, 0.15) is 22.9 Å². The number of anilines is 1. The standard InChI is InChI=1S/C12H16ClN3O3/c1-7-15-10(13)9(5-17)11(16-7)14-4-8-6-18-12(2,3)19-8/h5,8H,4,6H2,1-3H3,(H,14,15,16). The van der Waals surface area contributed by atoms with Gasteiger partial charge in [-0.3, -0.25) is 4.79 Å². The van der Waals surface area contributed by atoms with Crippen molar-refractivity contribution < 1.29 is 14.3 Å². The van der Waals surface area contributed by atoms with Crippen LogP contribution in [0.15, 0.2) is 0 Å². The molecule has 0 radical (unpaired) electrons. The molecule has 104 valence electrons. The molecule has 0 bridgehead atoms. The lowest BCUT2D eigenvalue weighted by molar-refractivity contribution is -0.136. The zero-order chi connectivity index (χ0) is 14.0. The summed E-state index contributed by atoms with van der Waals surface area (Å²) in [5.41, 5.74) is 0.255. The molecule has 2 heterocycles. The molecule has 0 aliphatic carbocycles. The van der Waals surface area contributed by atoms with Crippen molar-refractivity contribution >= 4 is 23.7 Å². The van der Waals surface area contributed by atoms with Crippen LogP contribution in [-0.2, 0) is 9.47 Å². The van der Waals surface area contributed by atoms with Crippen molar-refractivity contribution in [2.75, 3.05) is 18.5 Å². The number of carbonyl (C=O) groups is 1. The van der Waals surface area contributed by atoms with Crippen LogP contribution in [0.2, 0.25) is 5.15 Å². The third kappa shape index (κ3) is 3.40. The summed E-state index contributed by atoms with van der Waals surface area (Å²) < 4.78 is 11.1. The fourth-order valence-corrected chi connectivity index (χ4v) is 2.12. The molecule has 2 rings (SSSR count). The molecule has 1 aromatic heterocycles. The molecule has 1 aliphatic heterocycles. The number of nitrogens with one attached hydrogen (secondary N) is 1. The highest BCUT2D eigenvalue weighted by atomic mass is 35.5. The predicted octanol–water partition coefficient (Wildman–Crippen LogP) is 1.81. The summed E-state index contributed by atoms with van der Waals surface area (Å²) in [5, 5.41) is 3.20. The summed E-state index contributed by atoms with van der Waals surface area (Å²) in [6, 6.07) is 0. The Kier molecular flexibility index (Phi) is 4.03. The van der Waals surface area contributed by atoms with Crippen LogP contribution in [-0.4, -0.2) is 41.3 Å². The molecule has 0 aromatic carbocycles. The van der Waals surface area contributed by atoms with E-state index in [1.54, 1.807) is 6.92 Å². The van der Waals surface area contributed by atoms with Gasteiger partial charge in [-0.25, -0.2) is 9.97 Å². The average Bonchev–Trinajstić information content (AvgIpc) is 2.66. The third-order valence-electron chi connectivity index (χ3n) is 2.69. The summed E-state index contributed by atoms with van der Waals surface area (Å²) in [4.78, 5) is 19.1. The van der Waals surface area contributed by atoms with Gasteiger partial charge in [0.05, 0.1) is 12.2 Å². The van der Waals surface area contributed by atoms with Crippen LogP contribution in [0.3, 0.4) is 0 Å². The molecule has 1 N–H and O–H groups in total. The van der Waals surface area contributed by atoms with E-state index in [0.717, 1.165) is 0 Å². The zero-order valence-electron chi connectivity index (χ0n) is 11.1. The minimum Gasteiger partial charge on any atom is -0.367 e. The molecule has 6 nitrogen and oxygen atoms in total. The second kappa shape index (κ2) is 5.40. The largest absolute Gasteiger partial charge is 0.367 e. The van der Waals surface area contributed by atoms with E-state index >= 15 is 0 Å². The molecule has 0 amide bonds. The molecule has 0 spiro atoms. The van der Waals surface area contributed by atoms with Gasteiger partial charge in [-0.2, -0.15) is 0 Å². The van der Waals surface area contributed by atoms with E-state index in [2.05, 4.69) is 15.3 Å². The molecular formula is C12H16ClN3O3. The lowest BCUT2D eigenvalue weighted by atomic mass is 10.3. The van der Waals surface area contributed by atoms with Crippen LogP contribution in [0.4, 0.5) is 5.82 Å². The Hall–Kier alpha value is -1.24. The van der Waals surface area contributed by atoms with Crippen LogP contribution in [0.25, 0.3) is 0 Å². The zero-order valence-corrected chi connectivity index (χ0v) is 11.8. The van der Waals surface area contributed by atoms with Gasteiger partial charge in [-0.1, -0.05) is 11.6 Å². The molecule has 7 heteroatoms. The van der Waals surface area contributed by atoms with Gasteiger partial charge >= 0.3 is 0 Å². The minimum absolute atomic E-state index is 0.0939. The normalized spacial score (nSPS) is 21.4. The van der Waals surface area contributed by atoms with E-state index < -0.39 is 5.79 Å². The number of aldehydes is 1. The summed E-state index contributed by atoms with van der Waals surface area (Å²) in [6.07, 6.45) is 0.545. The molecule has 1 saturated heterocycles. The highest BCUT2D eigenvalue weighted by Crippen LogP contribution is 2.23. The number of aromatic nitrogens is 2. The lowest BCUT2D eigenvalue weighted by Gasteiger charge is -2.17. The number of ether oxygens (including phenoxy) is 2. The van der Waals surface area contributed by atoms with Gasteiger partial charge in [0.2, 0.25) is 0 Å². The van der Waals surface area contributed by atoms with E-state index in [1.165, 1.54) is 0 Å². The molecule has 1 unspecified atom stereocenters. The molecule has 1 aliphatic rings. The fourth-order valence-electron chi connectivity index (χ4n) is 1.86. The van der Waals surface area contributed by atoms with Gasteiger partial charge in [0.25, 0.3) is 0 Å². The maximum absolute atomic E-state index is 11.0. The molecular weight excluding hydrogens is 270 g/mol. The smallest absolute Gasteiger partial charge is 0.163 e. The molecule has 0 saturated carbocycles. The van der Waals surface area contributed by atoms with E-state index in [1.807, 2.05) is 13.8 Å². The first kappa shape index (κ1) is 14.2. The van der Waals surface area contributed by atoms with Gasteiger partial charge < -0.3 is 14.8 Å². The van der Waals surface area contributed by atoms with Crippen molar-refractivity contribution in [3.8, 4) is 0 Å². The van der Waals surface area contributed by atoms with Gasteiger partial charge in [-0.15, -0.1) is 0 Å². The first-order valence-corrected chi connectivity index (χ1v) is 6.34. The third-order valence-corrected chi connectivity index (χ3v) is 2.98. The number of nitrogens with zero attached hydrogens (tertiary/aromatic N) is 2. The van der Waals surface area contributed by atoms with Crippen molar-refractivity contribution in [2.45, 2.75) is 32.7 Å². The number of aryl methyl sites for hydroxylation is 1. The van der Waals surface area contributed by atoms with Crippen molar-refractivity contribution in [1.82, 2.24) is 9.97 Å². The minimum atomic E-state index is -0.570. The molecule has 1 fully saturated rings. The monoisotopic (exact) mass is 285 g/mol. The number of hydrogen-bond acceptors (Lipinski definition) is 6. The van der Waals surface area contributed by atoms with Crippen molar-refractivity contribution in [3.63, 3.8) is 0 Å². The van der Waals surface area contributed by atoms with Crippen molar-refractivity contribution in [2.24, 2.45) is 0 Å². The number of carbonyl (C=O) groups excluding carboxylic acids is 1. The first-order chi connectivity index (χ1) is 8.91. The second-order valence-corrected chi connectivity index (χ2v) is 5.13. The van der Waals surface area contributed by atoms with Crippen LogP contribution in [0.5, 0.6) is 0 Å². The maximum Gasteiger partial charge on any atom is 0.163 e. The quantitative estimate of drug-likeness (QED) is 0.672. The average molecular weight is 286 g/mol. The van der Waals surface area contributed by atoms with Crippen LogP contribution in [0, 0.1) is 6.92 Å². The Morgan fingerprint density at radius 2 is 2.26 bits per heavy atom. The summed E-state index contributed by atoms with van der Waals surface area (Å²) in [5.74, 6) is 0.349. The number of halogens is 1. The SMILES string of the molecule is Cc1nc(Cl)c(C=O)c(NCC2COC(C)(C)O2)n1. The van der Waals surface area contributed by atoms with E-state index in [4.69, 9.17) is 21.1 Å². The summed E-state index contributed by atoms with van der Waals surface area (Å²) >= 11 is 5.90. The lowest BCUT2D eigenvalue weighted by Crippen LogP contribution is -2.26. The highest BCUT2D eigenvalue weighted by Gasteiger charge is 2.32. The first-order valence-electron chi connectivity index (χ1n) is 5.96. The fraction of sp³-hybridized carbons (Fsp3) is 0.583. The Morgan fingerprint density at radius 1 is 1.53 bits per heavy atom. The molecule has 19 heavy (non-hydrogen) atoms. The van der Waals surface area contributed by atoms with Gasteiger partial charge in [-0.05, 0) is 20.8 Å².